The van der Waals surface area contributed by atoms with Crippen LogP contribution in [0.2, 0.25) is 0 Å². The fourth-order valence-electron chi connectivity index (χ4n) is 0.880. The van der Waals surface area contributed by atoms with E-state index in [2.05, 4.69) is 32.9 Å². The van der Waals surface area contributed by atoms with Crippen LogP contribution in [0.5, 0.6) is 0 Å². The van der Waals surface area contributed by atoms with Gasteiger partial charge in [-0.25, -0.2) is 0 Å². The summed E-state index contributed by atoms with van der Waals surface area (Å²) in [6.07, 6.45) is 7.00. The normalized spacial score (nSPS) is 14.9. The highest BCUT2D eigenvalue weighted by Gasteiger charge is 1.90. The van der Waals surface area contributed by atoms with Gasteiger partial charge in [-0.05, 0) is 19.3 Å². The van der Waals surface area contributed by atoms with Crippen LogP contribution in [-0.4, -0.2) is 0 Å². The molecule has 0 aliphatic rings. The lowest BCUT2D eigenvalue weighted by atomic mass is 10.1. The van der Waals surface area contributed by atoms with Crippen LogP contribution in [0.25, 0.3) is 0 Å². The van der Waals surface area contributed by atoms with Gasteiger partial charge in [-0.2, -0.15) is 0 Å². The summed E-state index contributed by atoms with van der Waals surface area (Å²) in [6, 6.07) is 0. The van der Waals surface area contributed by atoms with E-state index in [0.29, 0.717) is 0 Å². The lowest BCUT2D eigenvalue weighted by Crippen LogP contribution is -1.85. The molecule has 0 N–H and O–H groups in total. The standard InChI is InChI=1S/C8H16/c1-4-6-8(3)7-5-2/h4,6,8H,5,7H2,1-3H3/t8-/m0/s1. The Hall–Kier alpha value is -0.260. The summed E-state index contributed by atoms with van der Waals surface area (Å²) >= 11 is 0. The van der Waals surface area contributed by atoms with Crippen molar-refractivity contribution in [1.82, 2.24) is 0 Å². The minimum absolute atomic E-state index is 0.782. The van der Waals surface area contributed by atoms with Crippen molar-refractivity contribution in [3.05, 3.63) is 12.2 Å². The third-order valence-electron chi connectivity index (χ3n) is 1.26. The molecule has 0 aromatic carbocycles. The van der Waals surface area contributed by atoms with Crippen LogP contribution in [-0.2, 0) is 0 Å². The van der Waals surface area contributed by atoms with Crippen molar-refractivity contribution in [2.75, 3.05) is 0 Å². The van der Waals surface area contributed by atoms with Gasteiger partial charge in [-0.1, -0.05) is 32.4 Å². The van der Waals surface area contributed by atoms with Crippen molar-refractivity contribution < 1.29 is 0 Å². The summed E-state index contributed by atoms with van der Waals surface area (Å²) < 4.78 is 0. The second kappa shape index (κ2) is 4.89. The minimum atomic E-state index is 0.782. The number of hydrogen-bond acceptors (Lipinski definition) is 0. The largest absolute Gasteiger partial charge is 0.0914 e. The maximum Gasteiger partial charge on any atom is -0.0262 e. The van der Waals surface area contributed by atoms with Gasteiger partial charge >= 0.3 is 0 Å². The van der Waals surface area contributed by atoms with Gasteiger partial charge in [-0.15, -0.1) is 0 Å². The summed E-state index contributed by atoms with van der Waals surface area (Å²) in [7, 11) is 0. The Morgan fingerprint density at radius 2 is 2.12 bits per heavy atom. The smallest absolute Gasteiger partial charge is 0.0262 e. The SMILES string of the molecule is CC=C[C@H](C)CCC. The molecule has 0 aromatic heterocycles. The molecule has 0 heterocycles. The average Bonchev–Trinajstić information content (AvgIpc) is 1.68. The molecule has 0 aliphatic carbocycles. The first-order valence-electron chi connectivity index (χ1n) is 3.44. The van der Waals surface area contributed by atoms with Gasteiger partial charge in [0.2, 0.25) is 0 Å². The summed E-state index contributed by atoms with van der Waals surface area (Å²) in [4.78, 5) is 0. The van der Waals surface area contributed by atoms with Crippen LogP contribution >= 0.6 is 0 Å². The molecule has 0 nitrogen and oxygen atoms in total. The van der Waals surface area contributed by atoms with Crippen molar-refractivity contribution in [3.63, 3.8) is 0 Å². The zero-order chi connectivity index (χ0) is 6.41. The summed E-state index contributed by atoms with van der Waals surface area (Å²) in [5.41, 5.74) is 0. The molecule has 0 saturated heterocycles. The highest BCUT2D eigenvalue weighted by molar-refractivity contribution is 4.82. The zero-order valence-electron chi connectivity index (χ0n) is 6.15. The Morgan fingerprint density at radius 1 is 1.50 bits per heavy atom. The third kappa shape index (κ3) is 3.91. The molecule has 0 aromatic rings. The van der Waals surface area contributed by atoms with E-state index in [0.717, 1.165) is 5.92 Å². The average molecular weight is 112 g/mol. The topological polar surface area (TPSA) is 0 Å². The maximum atomic E-state index is 2.25. The Kier molecular flexibility index (Phi) is 4.73. The molecule has 48 valence electrons. The highest BCUT2D eigenvalue weighted by Crippen LogP contribution is 2.05. The van der Waals surface area contributed by atoms with E-state index < -0.39 is 0 Å². The van der Waals surface area contributed by atoms with E-state index in [1.54, 1.807) is 0 Å². The van der Waals surface area contributed by atoms with E-state index in [9.17, 15) is 0 Å². The van der Waals surface area contributed by atoms with E-state index >= 15 is 0 Å². The van der Waals surface area contributed by atoms with E-state index in [1.165, 1.54) is 12.8 Å². The van der Waals surface area contributed by atoms with E-state index in [1.807, 2.05) is 0 Å². The summed E-state index contributed by atoms with van der Waals surface area (Å²) in [5.74, 6) is 0.782. The van der Waals surface area contributed by atoms with Crippen LogP contribution in [0.15, 0.2) is 12.2 Å². The molecule has 0 radical (unpaired) electrons. The minimum Gasteiger partial charge on any atom is -0.0914 e. The predicted molar refractivity (Wildman–Crippen MR) is 38.9 cm³/mol. The van der Waals surface area contributed by atoms with Gasteiger partial charge in [0.05, 0.1) is 0 Å². The fraction of sp³-hybridized carbons (Fsp3) is 0.750. The van der Waals surface area contributed by atoms with Crippen molar-refractivity contribution >= 4 is 0 Å². The Bertz CT molecular complexity index is 62.4. The molecule has 0 amide bonds. The lowest BCUT2D eigenvalue weighted by Gasteiger charge is -1.99. The van der Waals surface area contributed by atoms with Crippen molar-refractivity contribution in [1.29, 1.82) is 0 Å². The zero-order valence-corrected chi connectivity index (χ0v) is 6.15. The molecule has 0 rings (SSSR count). The molecular formula is C8H16. The first-order valence-corrected chi connectivity index (χ1v) is 3.44. The van der Waals surface area contributed by atoms with Gasteiger partial charge in [0.25, 0.3) is 0 Å². The molecular weight excluding hydrogens is 96.1 g/mol. The second-order valence-electron chi connectivity index (χ2n) is 2.29. The fourth-order valence-corrected chi connectivity index (χ4v) is 0.880. The number of allylic oxidation sites excluding steroid dienone is 2. The van der Waals surface area contributed by atoms with Gasteiger partial charge in [0.15, 0.2) is 0 Å². The Labute approximate surface area is 52.6 Å². The first kappa shape index (κ1) is 7.74. The predicted octanol–water partition coefficient (Wildman–Crippen LogP) is 3.00. The molecule has 0 unspecified atom stereocenters. The van der Waals surface area contributed by atoms with Crippen LogP contribution < -0.4 is 0 Å². The monoisotopic (exact) mass is 112 g/mol. The number of hydrogen-bond donors (Lipinski definition) is 0. The van der Waals surface area contributed by atoms with E-state index in [4.69, 9.17) is 0 Å². The number of rotatable bonds is 3. The van der Waals surface area contributed by atoms with Crippen LogP contribution in [0.3, 0.4) is 0 Å². The maximum absolute atomic E-state index is 2.25. The second-order valence-corrected chi connectivity index (χ2v) is 2.29. The van der Waals surface area contributed by atoms with Crippen LogP contribution in [0.4, 0.5) is 0 Å². The van der Waals surface area contributed by atoms with Crippen molar-refractivity contribution in [2.24, 2.45) is 5.92 Å². The lowest BCUT2D eigenvalue weighted by molar-refractivity contribution is 0.633. The van der Waals surface area contributed by atoms with E-state index in [-0.39, 0.29) is 0 Å². The summed E-state index contributed by atoms with van der Waals surface area (Å²) in [6.45, 7) is 6.55. The molecule has 0 bridgehead atoms. The van der Waals surface area contributed by atoms with Gasteiger partial charge in [0, 0.05) is 0 Å². The van der Waals surface area contributed by atoms with Crippen LogP contribution in [0.1, 0.15) is 33.6 Å². The Morgan fingerprint density at radius 3 is 2.50 bits per heavy atom. The first-order chi connectivity index (χ1) is 3.81. The molecule has 0 spiro atoms. The summed E-state index contributed by atoms with van der Waals surface area (Å²) in [5, 5.41) is 0. The molecule has 0 heteroatoms. The van der Waals surface area contributed by atoms with Crippen molar-refractivity contribution in [2.45, 2.75) is 33.6 Å². The highest BCUT2D eigenvalue weighted by atomic mass is 14.0. The van der Waals surface area contributed by atoms with Crippen LogP contribution in [0, 0.1) is 5.92 Å². The molecule has 0 fully saturated rings. The molecule has 0 aliphatic heterocycles. The molecule has 0 saturated carbocycles. The van der Waals surface area contributed by atoms with Crippen molar-refractivity contribution in [3.8, 4) is 0 Å². The van der Waals surface area contributed by atoms with Gasteiger partial charge < -0.3 is 0 Å². The quantitative estimate of drug-likeness (QED) is 0.492. The van der Waals surface area contributed by atoms with Gasteiger partial charge in [0.1, 0.15) is 0 Å². The molecule has 8 heavy (non-hydrogen) atoms. The van der Waals surface area contributed by atoms with Gasteiger partial charge in [-0.3, -0.25) is 0 Å². The molecule has 1 atom stereocenters. The third-order valence-corrected chi connectivity index (χ3v) is 1.26. The Balaban J connectivity index is 3.17.